The summed E-state index contributed by atoms with van der Waals surface area (Å²) in [5.41, 5.74) is 6.66. The Bertz CT molecular complexity index is 788. The number of methoxy groups -OCH3 is 1. The molecule has 1 heterocycles. The molecule has 0 atom stereocenters. The van der Waals surface area contributed by atoms with Gasteiger partial charge in [0.25, 0.3) is 0 Å². The number of esters is 1. The third-order valence-corrected chi connectivity index (χ3v) is 4.26. The fourth-order valence-corrected chi connectivity index (χ4v) is 3.14. The van der Waals surface area contributed by atoms with E-state index in [1.165, 1.54) is 7.11 Å². The van der Waals surface area contributed by atoms with E-state index in [0.717, 1.165) is 41.1 Å². The Morgan fingerprint density at radius 1 is 1.25 bits per heavy atom. The number of nitrogens with one attached hydrogen (secondary N) is 1. The highest BCUT2D eigenvalue weighted by Gasteiger charge is 2.36. The van der Waals surface area contributed by atoms with Crippen molar-refractivity contribution in [1.29, 1.82) is 0 Å². The Balaban J connectivity index is 2.02. The monoisotopic (exact) mass is 326 g/mol. The standard InChI is InChI=1S/C19H22N2O3/c1-12-16-14(21-20-13-8-6-5-7-9-13)10-19(2,3)11-15(16)24-17(12)18(22)23-4/h5-9,20H,10-11H2,1-4H3/b21-14-. The fraction of sp³-hybridized carbons (Fsp3) is 0.368. The SMILES string of the molecule is COC(=O)c1oc2c(c1C)/C(=N\Nc1ccccc1)CC(C)(C)C2. The molecule has 0 spiro atoms. The predicted octanol–water partition coefficient (Wildman–Crippen LogP) is 4.16. The summed E-state index contributed by atoms with van der Waals surface area (Å²) in [6, 6.07) is 9.79. The van der Waals surface area contributed by atoms with E-state index in [9.17, 15) is 4.79 Å². The van der Waals surface area contributed by atoms with Crippen molar-refractivity contribution >= 4 is 17.4 Å². The van der Waals surface area contributed by atoms with Gasteiger partial charge in [-0.05, 0) is 30.9 Å². The third kappa shape index (κ3) is 3.07. The number of carbonyl (C=O) groups excluding carboxylic acids is 1. The Hall–Kier alpha value is -2.56. The highest BCUT2D eigenvalue weighted by Crippen LogP contribution is 2.39. The Labute approximate surface area is 141 Å². The zero-order valence-corrected chi connectivity index (χ0v) is 14.5. The van der Waals surface area contributed by atoms with Gasteiger partial charge in [0.1, 0.15) is 5.76 Å². The molecule has 3 rings (SSSR count). The summed E-state index contributed by atoms with van der Waals surface area (Å²) in [7, 11) is 1.36. The fourth-order valence-electron chi connectivity index (χ4n) is 3.14. The lowest BCUT2D eigenvalue weighted by atomic mass is 9.75. The molecule has 1 aliphatic rings. The van der Waals surface area contributed by atoms with Crippen LogP contribution < -0.4 is 5.43 Å². The third-order valence-electron chi connectivity index (χ3n) is 4.26. The number of hydrogen-bond acceptors (Lipinski definition) is 5. The van der Waals surface area contributed by atoms with Crippen LogP contribution in [0, 0.1) is 12.3 Å². The van der Waals surface area contributed by atoms with Crippen molar-refractivity contribution in [3.63, 3.8) is 0 Å². The average molecular weight is 326 g/mol. The zero-order valence-electron chi connectivity index (χ0n) is 14.5. The topological polar surface area (TPSA) is 63.8 Å². The highest BCUT2D eigenvalue weighted by atomic mass is 16.5. The molecule has 1 aromatic heterocycles. The molecule has 1 aromatic carbocycles. The van der Waals surface area contributed by atoms with E-state index >= 15 is 0 Å². The van der Waals surface area contributed by atoms with Crippen molar-refractivity contribution in [2.45, 2.75) is 33.6 Å². The van der Waals surface area contributed by atoms with Gasteiger partial charge in [-0.15, -0.1) is 0 Å². The number of para-hydroxylation sites is 1. The van der Waals surface area contributed by atoms with Gasteiger partial charge in [0.05, 0.1) is 18.5 Å². The van der Waals surface area contributed by atoms with E-state index in [-0.39, 0.29) is 11.2 Å². The van der Waals surface area contributed by atoms with Gasteiger partial charge in [0, 0.05) is 17.5 Å². The molecular weight excluding hydrogens is 304 g/mol. The van der Waals surface area contributed by atoms with Crippen LogP contribution in [0.5, 0.6) is 0 Å². The summed E-state index contributed by atoms with van der Waals surface area (Å²) in [6.07, 6.45) is 1.57. The second kappa shape index (κ2) is 6.15. The first kappa shape index (κ1) is 16.3. The maximum Gasteiger partial charge on any atom is 0.374 e. The van der Waals surface area contributed by atoms with Crippen LogP contribution in [0.2, 0.25) is 0 Å². The highest BCUT2D eigenvalue weighted by molar-refractivity contribution is 6.06. The van der Waals surface area contributed by atoms with Crippen LogP contribution in [0.4, 0.5) is 5.69 Å². The quantitative estimate of drug-likeness (QED) is 0.679. The minimum Gasteiger partial charge on any atom is -0.463 e. The first-order chi connectivity index (χ1) is 11.4. The first-order valence-electron chi connectivity index (χ1n) is 8.00. The Morgan fingerprint density at radius 3 is 2.62 bits per heavy atom. The number of anilines is 1. The van der Waals surface area contributed by atoms with Gasteiger partial charge in [-0.1, -0.05) is 32.0 Å². The first-order valence-corrected chi connectivity index (χ1v) is 8.00. The molecule has 5 heteroatoms. The van der Waals surface area contributed by atoms with Crippen molar-refractivity contribution in [1.82, 2.24) is 0 Å². The molecule has 0 amide bonds. The molecule has 0 fully saturated rings. The van der Waals surface area contributed by atoms with Crippen molar-refractivity contribution in [3.8, 4) is 0 Å². The number of hydrazone groups is 1. The molecule has 1 N–H and O–H groups in total. The van der Waals surface area contributed by atoms with E-state index in [0.29, 0.717) is 0 Å². The van der Waals surface area contributed by atoms with Crippen LogP contribution in [0.1, 0.15) is 47.7 Å². The van der Waals surface area contributed by atoms with Crippen molar-refractivity contribution < 1.29 is 13.9 Å². The van der Waals surface area contributed by atoms with Gasteiger partial charge in [0.15, 0.2) is 0 Å². The number of rotatable bonds is 3. The summed E-state index contributed by atoms with van der Waals surface area (Å²) in [4.78, 5) is 11.9. The summed E-state index contributed by atoms with van der Waals surface area (Å²) >= 11 is 0. The Kier molecular flexibility index (Phi) is 4.18. The maximum absolute atomic E-state index is 11.9. The lowest BCUT2D eigenvalue weighted by Gasteiger charge is -2.29. The normalized spacial score (nSPS) is 17.4. The van der Waals surface area contributed by atoms with Crippen molar-refractivity contribution in [3.05, 3.63) is 53.0 Å². The van der Waals surface area contributed by atoms with Crippen LogP contribution in [-0.4, -0.2) is 18.8 Å². The number of nitrogens with zero attached hydrogens (tertiary/aromatic N) is 1. The summed E-state index contributed by atoms with van der Waals surface area (Å²) in [5, 5.41) is 4.60. The number of ether oxygens (including phenoxy) is 1. The van der Waals surface area contributed by atoms with Gasteiger partial charge in [0.2, 0.25) is 5.76 Å². The summed E-state index contributed by atoms with van der Waals surface area (Å²) in [6.45, 7) is 6.22. The van der Waals surface area contributed by atoms with Gasteiger partial charge in [-0.25, -0.2) is 4.79 Å². The van der Waals surface area contributed by atoms with Gasteiger partial charge in [-0.3, -0.25) is 5.43 Å². The van der Waals surface area contributed by atoms with E-state index in [2.05, 4.69) is 24.4 Å². The molecule has 24 heavy (non-hydrogen) atoms. The average Bonchev–Trinajstić information content (AvgIpc) is 2.88. The second-order valence-electron chi connectivity index (χ2n) is 6.90. The van der Waals surface area contributed by atoms with E-state index in [1.807, 2.05) is 37.3 Å². The largest absolute Gasteiger partial charge is 0.463 e. The summed E-state index contributed by atoms with van der Waals surface area (Å²) < 4.78 is 10.6. The number of furan rings is 1. The molecule has 1 aliphatic carbocycles. The van der Waals surface area contributed by atoms with Crippen LogP contribution >= 0.6 is 0 Å². The maximum atomic E-state index is 11.9. The zero-order chi connectivity index (χ0) is 17.3. The molecule has 126 valence electrons. The Morgan fingerprint density at radius 2 is 1.96 bits per heavy atom. The minimum atomic E-state index is -0.449. The molecule has 5 nitrogen and oxygen atoms in total. The van der Waals surface area contributed by atoms with Gasteiger partial charge in [-0.2, -0.15) is 5.10 Å². The van der Waals surface area contributed by atoms with E-state index in [4.69, 9.17) is 9.15 Å². The molecule has 2 aromatic rings. The van der Waals surface area contributed by atoms with Crippen LogP contribution in [0.3, 0.4) is 0 Å². The molecule has 0 bridgehead atoms. The second-order valence-corrected chi connectivity index (χ2v) is 6.90. The smallest absolute Gasteiger partial charge is 0.374 e. The van der Waals surface area contributed by atoms with Crippen LogP contribution in [0.25, 0.3) is 0 Å². The van der Waals surface area contributed by atoms with Crippen LogP contribution in [-0.2, 0) is 11.2 Å². The van der Waals surface area contributed by atoms with Gasteiger partial charge < -0.3 is 9.15 Å². The lowest BCUT2D eigenvalue weighted by molar-refractivity contribution is 0.0560. The molecule has 0 aliphatic heterocycles. The van der Waals surface area contributed by atoms with Crippen molar-refractivity contribution in [2.75, 3.05) is 12.5 Å². The minimum absolute atomic E-state index is 0.0158. The lowest BCUT2D eigenvalue weighted by Crippen LogP contribution is -2.27. The molecule has 0 radical (unpaired) electrons. The number of fused-ring (bicyclic) bond motifs is 1. The number of benzene rings is 1. The van der Waals surface area contributed by atoms with E-state index in [1.54, 1.807) is 0 Å². The van der Waals surface area contributed by atoms with E-state index < -0.39 is 5.97 Å². The molecular formula is C19H22N2O3. The van der Waals surface area contributed by atoms with Crippen molar-refractivity contribution in [2.24, 2.45) is 10.5 Å². The van der Waals surface area contributed by atoms with Crippen LogP contribution in [0.15, 0.2) is 39.9 Å². The number of hydrogen-bond donors (Lipinski definition) is 1. The predicted molar refractivity (Wildman–Crippen MR) is 93.5 cm³/mol. The van der Waals surface area contributed by atoms with Gasteiger partial charge >= 0.3 is 5.97 Å². The molecule has 0 unspecified atom stereocenters. The summed E-state index contributed by atoms with van der Waals surface area (Å²) in [5.74, 6) is 0.625. The molecule has 0 saturated carbocycles. The number of carbonyl (C=O) groups is 1. The molecule has 0 saturated heterocycles.